The van der Waals surface area contributed by atoms with Gasteiger partial charge in [-0.05, 0) is 48.4 Å². The molecule has 2 aromatic carbocycles. The Bertz CT molecular complexity index is 694. The van der Waals surface area contributed by atoms with Gasteiger partial charge in [-0.1, -0.05) is 65.8 Å². The lowest BCUT2D eigenvalue weighted by Gasteiger charge is -2.14. The standard InChI is InChI=1S/C21H27BrClNO2/c1-3-4-5-6-10-24-14-17-12-20(25-2)21(13-19(17)22)26-15-16-8-7-9-18(23)11-16/h7-9,11-13,24H,3-6,10,14-15H2,1-2H3. The summed E-state index contributed by atoms with van der Waals surface area (Å²) in [6, 6.07) is 11.7. The Balaban J connectivity index is 1.95. The SMILES string of the molecule is CCCCCCNCc1cc(OC)c(OCc2cccc(Cl)c2)cc1Br. The van der Waals surface area contributed by atoms with Crippen molar-refractivity contribution < 1.29 is 9.47 Å². The number of rotatable bonds is 11. The number of benzene rings is 2. The second kappa shape index (κ2) is 11.5. The van der Waals surface area contributed by atoms with Crippen LogP contribution in [-0.4, -0.2) is 13.7 Å². The van der Waals surface area contributed by atoms with Crippen molar-refractivity contribution in [2.45, 2.75) is 45.8 Å². The van der Waals surface area contributed by atoms with E-state index >= 15 is 0 Å². The third kappa shape index (κ3) is 6.82. The van der Waals surface area contributed by atoms with Crippen molar-refractivity contribution >= 4 is 27.5 Å². The van der Waals surface area contributed by atoms with Gasteiger partial charge in [0.2, 0.25) is 0 Å². The first kappa shape index (κ1) is 21.1. The highest BCUT2D eigenvalue weighted by Crippen LogP contribution is 2.34. The zero-order chi connectivity index (χ0) is 18.8. The van der Waals surface area contributed by atoms with Crippen molar-refractivity contribution in [3.8, 4) is 11.5 Å². The molecule has 0 fully saturated rings. The Kier molecular flexibility index (Phi) is 9.30. The molecular formula is C21H27BrClNO2. The van der Waals surface area contributed by atoms with Crippen LogP contribution in [0.5, 0.6) is 11.5 Å². The fourth-order valence-corrected chi connectivity index (χ4v) is 3.35. The van der Waals surface area contributed by atoms with Crippen molar-refractivity contribution in [1.82, 2.24) is 5.32 Å². The zero-order valence-electron chi connectivity index (χ0n) is 15.5. The average Bonchev–Trinajstić information content (AvgIpc) is 2.64. The molecule has 0 atom stereocenters. The Labute approximate surface area is 170 Å². The van der Waals surface area contributed by atoms with E-state index < -0.39 is 0 Å². The molecule has 5 heteroatoms. The van der Waals surface area contributed by atoms with Crippen molar-refractivity contribution in [1.29, 1.82) is 0 Å². The molecule has 3 nitrogen and oxygen atoms in total. The second-order valence-electron chi connectivity index (χ2n) is 6.25. The van der Waals surface area contributed by atoms with Gasteiger partial charge in [0, 0.05) is 16.0 Å². The summed E-state index contributed by atoms with van der Waals surface area (Å²) >= 11 is 9.67. The lowest BCUT2D eigenvalue weighted by Crippen LogP contribution is -2.15. The third-order valence-corrected chi connectivity index (χ3v) is 5.11. The quantitative estimate of drug-likeness (QED) is 0.412. The van der Waals surface area contributed by atoms with E-state index in [9.17, 15) is 0 Å². The maximum Gasteiger partial charge on any atom is 0.162 e. The van der Waals surface area contributed by atoms with Crippen LogP contribution in [0.3, 0.4) is 0 Å². The maximum atomic E-state index is 6.02. The molecular weight excluding hydrogens is 414 g/mol. The molecule has 0 aliphatic carbocycles. The average molecular weight is 441 g/mol. The zero-order valence-corrected chi connectivity index (χ0v) is 17.8. The van der Waals surface area contributed by atoms with Gasteiger partial charge in [0.15, 0.2) is 11.5 Å². The summed E-state index contributed by atoms with van der Waals surface area (Å²) in [5, 5.41) is 4.20. The molecule has 0 aliphatic rings. The number of methoxy groups -OCH3 is 1. The van der Waals surface area contributed by atoms with Gasteiger partial charge in [0.1, 0.15) is 6.61 Å². The number of unbranched alkanes of at least 4 members (excludes halogenated alkanes) is 3. The monoisotopic (exact) mass is 439 g/mol. The molecule has 0 saturated carbocycles. The molecule has 0 heterocycles. The molecule has 26 heavy (non-hydrogen) atoms. The third-order valence-electron chi connectivity index (χ3n) is 4.14. The lowest BCUT2D eigenvalue weighted by atomic mass is 10.2. The summed E-state index contributed by atoms with van der Waals surface area (Å²) < 4.78 is 12.5. The van der Waals surface area contributed by atoms with Crippen LogP contribution in [0.25, 0.3) is 0 Å². The van der Waals surface area contributed by atoms with E-state index in [1.165, 1.54) is 25.7 Å². The fraction of sp³-hybridized carbons (Fsp3) is 0.429. The first-order valence-electron chi connectivity index (χ1n) is 9.08. The van der Waals surface area contributed by atoms with Crippen LogP contribution in [0.1, 0.15) is 43.7 Å². The Morgan fingerprint density at radius 3 is 2.65 bits per heavy atom. The fourth-order valence-electron chi connectivity index (χ4n) is 2.67. The minimum absolute atomic E-state index is 0.443. The van der Waals surface area contributed by atoms with Crippen LogP contribution in [0.2, 0.25) is 5.02 Å². The minimum atomic E-state index is 0.443. The first-order chi connectivity index (χ1) is 12.6. The number of halogens is 2. The van der Waals surface area contributed by atoms with Gasteiger partial charge in [-0.3, -0.25) is 0 Å². The van der Waals surface area contributed by atoms with E-state index in [0.717, 1.165) is 34.4 Å². The van der Waals surface area contributed by atoms with Crippen LogP contribution in [0.4, 0.5) is 0 Å². The molecule has 0 saturated heterocycles. The van der Waals surface area contributed by atoms with E-state index in [1.54, 1.807) is 7.11 Å². The predicted octanol–water partition coefficient (Wildman–Crippen LogP) is 6.36. The molecule has 2 aromatic rings. The van der Waals surface area contributed by atoms with Crippen LogP contribution in [-0.2, 0) is 13.2 Å². The van der Waals surface area contributed by atoms with Gasteiger partial charge in [0.25, 0.3) is 0 Å². The summed E-state index contributed by atoms with van der Waals surface area (Å²) in [7, 11) is 1.66. The van der Waals surface area contributed by atoms with E-state index in [2.05, 4.69) is 28.2 Å². The highest BCUT2D eigenvalue weighted by molar-refractivity contribution is 9.10. The number of hydrogen-bond acceptors (Lipinski definition) is 3. The molecule has 0 aromatic heterocycles. The van der Waals surface area contributed by atoms with Crippen LogP contribution < -0.4 is 14.8 Å². The van der Waals surface area contributed by atoms with Crippen LogP contribution in [0.15, 0.2) is 40.9 Å². The highest BCUT2D eigenvalue weighted by atomic mass is 79.9. The van der Waals surface area contributed by atoms with Gasteiger partial charge in [-0.25, -0.2) is 0 Å². The largest absolute Gasteiger partial charge is 0.493 e. The van der Waals surface area contributed by atoms with Gasteiger partial charge < -0.3 is 14.8 Å². The molecule has 0 amide bonds. The molecule has 0 radical (unpaired) electrons. The molecule has 0 aliphatic heterocycles. The topological polar surface area (TPSA) is 30.5 Å². The maximum absolute atomic E-state index is 6.02. The molecule has 0 spiro atoms. The van der Waals surface area contributed by atoms with E-state index in [-0.39, 0.29) is 0 Å². The second-order valence-corrected chi connectivity index (χ2v) is 7.54. The molecule has 2 rings (SSSR count). The van der Waals surface area contributed by atoms with E-state index in [1.807, 2.05) is 36.4 Å². The summed E-state index contributed by atoms with van der Waals surface area (Å²) in [4.78, 5) is 0. The summed E-state index contributed by atoms with van der Waals surface area (Å²) in [6.45, 7) is 4.50. The van der Waals surface area contributed by atoms with E-state index in [0.29, 0.717) is 17.4 Å². The molecule has 142 valence electrons. The van der Waals surface area contributed by atoms with E-state index in [4.69, 9.17) is 21.1 Å². The highest BCUT2D eigenvalue weighted by Gasteiger charge is 2.11. The molecule has 0 bridgehead atoms. The smallest absolute Gasteiger partial charge is 0.162 e. The van der Waals surface area contributed by atoms with Crippen molar-refractivity contribution in [3.63, 3.8) is 0 Å². The van der Waals surface area contributed by atoms with Gasteiger partial charge >= 0.3 is 0 Å². The number of nitrogens with one attached hydrogen (secondary N) is 1. The normalized spacial score (nSPS) is 10.8. The van der Waals surface area contributed by atoms with Crippen LogP contribution in [0, 0.1) is 0 Å². The summed E-state index contributed by atoms with van der Waals surface area (Å²) in [5.41, 5.74) is 2.18. The lowest BCUT2D eigenvalue weighted by molar-refractivity contribution is 0.284. The first-order valence-corrected chi connectivity index (χ1v) is 10.3. The Morgan fingerprint density at radius 2 is 1.92 bits per heavy atom. The van der Waals surface area contributed by atoms with Crippen molar-refractivity contribution in [3.05, 3.63) is 57.0 Å². The minimum Gasteiger partial charge on any atom is -0.493 e. The van der Waals surface area contributed by atoms with Crippen molar-refractivity contribution in [2.75, 3.05) is 13.7 Å². The number of ether oxygens (including phenoxy) is 2. The predicted molar refractivity (Wildman–Crippen MR) is 112 cm³/mol. The summed E-state index contributed by atoms with van der Waals surface area (Å²) in [5.74, 6) is 1.45. The van der Waals surface area contributed by atoms with Gasteiger partial charge in [0.05, 0.1) is 7.11 Å². The molecule has 0 unspecified atom stereocenters. The Morgan fingerprint density at radius 1 is 1.08 bits per heavy atom. The number of hydrogen-bond donors (Lipinski definition) is 1. The van der Waals surface area contributed by atoms with Crippen LogP contribution >= 0.6 is 27.5 Å². The van der Waals surface area contributed by atoms with Gasteiger partial charge in [-0.2, -0.15) is 0 Å². The van der Waals surface area contributed by atoms with Gasteiger partial charge in [-0.15, -0.1) is 0 Å². The van der Waals surface area contributed by atoms with Crippen molar-refractivity contribution in [2.24, 2.45) is 0 Å². The Hall–Kier alpha value is -1.23. The summed E-state index contributed by atoms with van der Waals surface area (Å²) in [6.07, 6.45) is 5.06. The molecule has 1 N–H and O–H groups in total.